The molecule has 1 aromatic carbocycles. The molecule has 0 aliphatic heterocycles. The fourth-order valence-corrected chi connectivity index (χ4v) is 1.88. The van der Waals surface area contributed by atoms with Crippen LogP contribution in [0.25, 0.3) is 0 Å². The van der Waals surface area contributed by atoms with E-state index in [-0.39, 0.29) is 5.91 Å². The van der Waals surface area contributed by atoms with E-state index in [2.05, 4.69) is 24.1 Å². The first-order valence-corrected chi connectivity index (χ1v) is 7.35. The second-order valence-corrected chi connectivity index (χ2v) is 4.71. The van der Waals surface area contributed by atoms with Gasteiger partial charge >= 0.3 is 0 Å². The summed E-state index contributed by atoms with van der Waals surface area (Å²) < 4.78 is 5.38. The van der Waals surface area contributed by atoms with Gasteiger partial charge in [0, 0.05) is 30.9 Å². The third-order valence-corrected chi connectivity index (χ3v) is 3.00. The summed E-state index contributed by atoms with van der Waals surface area (Å²) in [5.74, 6) is 5.73. The van der Waals surface area contributed by atoms with Crippen molar-refractivity contribution >= 4 is 5.91 Å². The number of nitrogens with two attached hydrogens (primary N) is 1. The molecule has 0 unspecified atom stereocenters. The molecule has 0 radical (unpaired) electrons. The van der Waals surface area contributed by atoms with Crippen molar-refractivity contribution in [3.05, 3.63) is 34.9 Å². The number of amides is 1. The molecule has 0 heterocycles. The minimum Gasteiger partial charge on any atom is -0.381 e. The second-order valence-electron chi connectivity index (χ2n) is 4.71. The number of hydrogen-bond donors (Lipinski definition) is 2. The van der Waals surface area contributed by atoms with Crippen molar-refractivity contribution in [1.82, 2.24) is 5.32 Å². The molecule has 0 saturated carbocycles. The lowest BCUT2D eigenvalue weighted by atomic mass is 10.0. The summed E-state index contributed by atoms with van der Waals surface area (Å²) in [6, 6.07) is 5.55. The summed E-state index contributed by atoms with van der Waals surface area (Å²) in [7, 11) is 0. The highest BCUT2D eigenvalue weighted by atomic mass is 16.5. The molecule has 1 rings (SSSR count). The van der Waals surface area contributed by atoms with Crippen molar-refractivity contribution in [3.63, 3.8) is 0 Å². The molecule has 1 aromatic rings. The Morgan fingerprint density at radius 1 is 1.38 bits per heavy atom. The molecular formula is C17H24N2O2. The Balaban J connectivity index is 2.54. The molecule has 0 spiro atoms. The lowest BCUT2D eigenvalue weighted by Gasteiger charge is -2.09. The van der Waals surface area contributed by atoms with Gasteiger partial charge in [0.05, 0.1) is 6.54 Å². The fraction of sp³-hybridized carbons (Fsp3) is 0.471. The van der Waals surface area contributed by atoms with Crippen molar-refractivity contribution in [2.75, 3.05) is 26.3 Å². The number of nitrogens with one attached hydrogen (secondary N) is 1. The molecule has 0 atom stereocenters. The Morgan fingerprint density at radius 3 is 2.90 bits per heavy atom. The Labute approximate surface area is 127 Å². The van der Waals surface area contributed by atoms with Gasteiger partial charge in [0.25, 0.3) is 5.91 Å². The van der Waals surface area contributed by atoms with Crippen LogP contribution in [0.4, 0.5) is 0 Å². The molecule has 114 valence electrons. The highest BCUT2D eigenvalue weighted by Crippen LogP contribution is 2.12. The minimum atomic E-state index is -0.0700. The summed E-state index contributed by atoms with van der Waals surface area (Å²) in [5, 5.41) is 2.91. The number of ether oxygens (including phenoxy) is 1. The largest absolute Gasteiger partial charge is 0.381 e. The summed E-state index contributed by atoms with van der Waals surface area (Å²) in [5.41, 5.74) is 7.77. The minimum absolute atomic E-state index is 0.0700. The van der Waals surface area contributed by atoms with Crippen LogP contribution in [0.2, 0.25) is 0 Å². The predicted octanol–water partition coefficient (Wildman–Crippen LogP) is 1.85. The van der Waals surface area contributed by atoms with Gasteiger partial charge in [-0.05, 0) is 37.5 Å². The van der Waals surface area contributed by atoms with Crippen molar-refractivity contribution in [3.8, 4) is 11.8 Å². The normalized spacial score (nSPS) is 9.86. The van der Waals surface area contributed by atoms with E-state index in [1.54, 1.807) is 0 Å². The smallest absolute Gasteiger partial charge is 0.251 e. The van der Waals surface area contributed by atoms with Crippen LogP contribution in [0.1, 0.15) is 41.3 Å². The van der Waals surface area contributed by atoms with Crippen LogP contribution < -0.4 is 11.1 Å². The molecule has 21 heavy (non-hydrogen) atoms. The summed E-state index contributed by atoms with van der Waals surface area (Å²) in [6.45, 7) is 6.35. The van der Waals surface area contributed by atoms with Gasteiger partial charge in [0.1, 0.15) is 0 Å². The molecule has 3 N–H and O–H groups in total. The van der Waals surface area contributed by atoms with Crippen molar-refractivity contribution in [1.29, 1.82) is 0 Å². The molecule has 0 fully saturated rings. The third-order valence-electron chi connectivity index (χ3n) is 3.00. The van der Waals surface area contributed by atoms with Gasteiger partial charge in [-0.3, -0.25) is 4.79 Å². The van der Waals surface area contributed by atoms with Crippen molar-refractivity contribution < 1.29 is 9.53 Å². The van der Waals surface area contributed by atoms with Crippen LogP contribution in [0.15, 0.2) is 18.2 Å². The van der Waals surface area contributed by atoms with E-state index < -0.39 is 0 Å². The van der Waals surface area contributed by atoms with E-state index in [1.807, 2.05) is 25.1 Å². The maximum atomic E-state index is 12.2. The van der Waals surface area contributed by atoms with E-state index in [1.165, 1.54) is 0 Å². The van der Waals surface area contributed by atoms with E-state index in [9.17, 15) is 4.79 Å². The quantitative estimate of drug-likeness (QED) is 0.594. The van der Waals surface area contributed by atoms with Gasteiger partial charge in [-0.2, -0.15) is 0 Å². The Morgan fingerprint density at radius 2 is 2.19 bits per heavy atom. The Bertz CT molecular complexity index is 515. The molecule has 0 saturated heterocycles. The van der Waals surface area contributed by atoms with Gasteiger partial charge < -0.3 is 15.8 Å². The number of rotatable bonds is 7. The molecule has 1 amide bonds. The number of benzene rings is 1. The van der Waals surface area contributed by atoms with E-state index in [4.69, 9.17) is 10.5 Å². The average Bonchev–Trinajstić information content (AvgIpc) is 2.49. The fourth-order valence-electron chi connectivity index (χ4n) is 1.88. The van der Waals surface area contributed by atoms with Gasteiger partial charge in [0.15, 0.2) is 0 Å². The average molecular weight is 288 g/mol. The zero-order valence-corrected chi connectivity index (χ0v) is 12.9. The standard InChI is InChI=1S/C17H24N2O2/c1-3-12-21-13-6-11-19-17(20)16-9-4-7-15(14(16)2)8-5-10-18/h4,7,9H,3,6,10-13,18H2,1-2H3,(H,19,20). The first-order chi connectivity index (χ1) is 10.2. The highest BCUT2D eigenvalue weighted by Gasteiger charge is 2.10. The van der Waals surface area contributed by atoms with Crippen LogP contribution in [0, 0.1) is 18.8 Å². The van der Waals surface area contributed by atoms with Crippen LogP contribution in [0.3, 0.4) is 0 Å². The third kappa shape index (κ3) is 5.99. The molecule has 4 nitrogen and oxygen atoms in total. The monoisotopic (exact) mass is 288 g/mol. The molecular weight excluding hydrogens is 264 g/mol. The maximum Gasteiger partial charge on any atom is 0.251 e. The van der Waals surface area contributed by atoms with Gasteiger partial charge in [-0.25, -0.2) is 0 Å². The zero-order valence-electron chi connectivity index (χ0n) is 12.9. The Hall–Kier alpha value is -1.83. The van der Waals surface area contributed by atoms with E-state index >= 15 is 0 Å². The van der Waals surface area contributed by atoms with Crippen LogP contribution in [0.5, 0.6) is 0 Å². The van der Waals surface area contributed by atoms with Gasteiger partial charge in [-0.1, -0.05) is 24.8 Å². The lowest BCUT2D eigenvalue weighted by molar-refractivity contribution is 0.0940. The molecule has 0 aliphatic rings. The highest BCUT2D eigenvalue weighted by molar-refractivity contribution is 5.96. The van der Waals surface area contributed by atoms with Crippen molar-refractivity contribution in [2.45, 2.75) is 26.7 Å². The molecule has 0 bridgehead atoms. The van der Waals surface area contributed by atoms with Gasteiger partial charge in [0.2, 0.25) is 0 Å². The molecule has 4 heteroatoms. The zero-order chi connectivity index (χ0) is 15.5. The van der Waals surface area contributed by atoms with E-state index in [0.29, 0.717) is 25.3 Å². The number of carbonyl (C=O) groups is 1. The first kappa shape index (κ1) is 17.2. The summed E-state index contributed by atoms with van der Waals surface area (Å²) >= 11 is 0. The first-order valence-electron chi connectivity index (χ1n) is 7.35. The van der Waals surface area contributed by atoms with Crippen LogP contribution >= 0.6 is 0 Å². The summed E-state index contributed by atoms with van der Waals surface area (Å²) in [4.78, 5) is 12.2. The van der Waals surface area contributed by atoms with Crippen LogP contribution in [-0.4, -0.2) is 32.2 Å². The predicted molar refractivity (Wildman–Crippen MR) is 85.2 cm³/mol. The number of hydrogen-bond acceptors (Lipinski definition) is 3. The van der Waals surface area contributed by atoms with Crippen LogP contribution in [-0.2, 0) is 4.74 Å². The lowest BCUT2D eigenvalue weighted by Crippen LogP contribution is -2.26. The van der Waals surface area contributed by atoms with Gasteiger partial charge in [-0.15, -0.1) is 0 Å². The molecule has 0 aliphatic carbocycles. The maximum absolute atomic E-state index is 12.2. The molecule has 0 aromatic heterocycles. The summed E-state index contributed by atoms with van der Waals surface area (Å²) in [6.07, 6.45) is 1.83. The number of carbonyl (C=O) groups excluding carboxylic acids is 1. The topological polar surface area (TPSA) is 64.3 Å². The van der Waals surface area contributed by atoms with Crippen molar-refractivity contribution in [2.24, 2.45) is 5.73 Å². The Kier molecular flexibility index (Phi) is 8.18. The second kappa shape index (κ2) is 9.98. The van der Waals surface area contributed by atoms with E-state index in [0.717, 1.165) is 30.6 Å². The SMILES string of the molecule is CCCOCCCNC(=O)c1cccc(C#CCN)c1C.